The Hall–Kier alpha value is -0.160. The lowest BCUT2D eigenvalue weighted by atomic mass is 9.90. The highest BCUT2D eigenvalue weighted by atomic mass is 16.4. The maximum atomic E-state index is 8.94. The molecule has 1 fully saturated rings. The molecule has 0 aliphatic heterocycles. The van der Waals surface area contributed by atoms with E-state index in [0.717, 1.165) is 0 Å². The molecule has 4 heteroatoms. The van der Waals surface area contributed by atoms with Crippen LogP contribution in [0.1, 0.15) is 12.8 Å². The Bertz CT molecular complexity index is 90.3. The second-order valence-electron chi connectivity index (χ2n) is 2.74. The Morgan fingerprint density at radius 3 is 1.00 bits per heavy atom. The molecule has 10 heavy (non-hydrogen) atoms. The molecule has 4 nitrogen and oxygen atoms in total. The summed E-state index contributed by atoms with van der Waals surface area (Å²) < 4.78 is 0. The maximum Gasteiger partial charge on any atom is 0.0825 e. The van der Waals surface area contributed by atoms with E-state index in [9.17, 15) is 0 Å². The van der Waals surface area contributed by atoms with E-state index in [1.807, 2.05) is 0 Å². The first-order valence-corrected chi connectivity index (χ1v) is 3.33. The first kappa shape index (κ1) is 7.94. The molecule has 1 rings (SSSR count). The lowest BCUT2D eigenvalue weighted by Gasteiger charge is -2.30. The zero-order chi connectivity index (χ0) is 7.72. The summed E-state index contributed by atoms with van der Waals surface area (Å²) >= 11 is 0. The van der Waals surface area contributed by atoms with Crippen LogP contribution in [0.2, 0.25) is 0 Å². The van der Waals surface area contributed by atoms with E-state index >= 15 is 0 Å². The number of hydrogen-bond donors (Lipinski definition) is 4. The summed E-state index contributed by atoms with van der Waals surface area (Å²) in [5.41, 5.74) is 0. The van der Waals surface area contributed by atoms with Gasteiger partial charge in [-0.25, -0.2) is 0 Å². The van der Waals surface area contributed by atoms with Crippen LogP contribution in [-0.2, 0) is 0 Å². The lowest BCUT2D eigenvalue weighted by Crippen LogP contribution is -2.44. The Labute approximate surface area is 58.7 Å². The Balaban J connectivity index is 2.46. The SMILES string of the molecule is O[C@H]1C[C@H](O)[C@@H](O)C[C@@H]1O. The summed E-state index contributed by atoms with van der Waals surface area (Å²) in [4.78, 5) is 0. The molecular formula is C6H12O4. The van der Waals surface area contributed by atoms with E-state index in [0.29, 0.717) is 0 Å². The molecule has 4 atom stereocenters. The van der Waals surface area contributed by atoms with E-state index in [4.69, 9.17) is 20.4 Å². The fourth-order valence-corrected chi connectivity index (χ4v) is 1.12. The van der Waals surface area contributed by atoms with Gasteiger partial charge in [0.25, 0.3) is 0 Å². The molecule has 1 aliphatic carbocycles. The Morgan fingerprint density at radius 1 is 0.600 bits per heavy atom. The zero-order valence-electron chi connectivity index (χ0n) is 5.51. The van der Waals surface area contributed by atoms with E-state index in [1.165, 1.54) is 0 Å². The standard InChI is InChI=1S/C6H12O4/c7-3-1-4(8)6(10)2-5(3)9/h3-10H,1-2H2/t3-,4-,5-,6-/m0/s1. The van der Waals surface area contributed by atoms with Crippen LogP contribution >= 0.6 is 0 Å². The lowest BCUT2D eigenvalue weighted by molar-refractivity contribution is -0.107. The number of aliphatic hydroxyl groups excluding tert-OH is 4. The van der Waals surface area contributed by atoms with Crippen LogP contribution in [0.15, 0.2) is 0 Å². The quantitative estimate of drug-likeness (QED) is 0.327. The second-order valence-corrected chi connectivity index (χ2v) is 2.74. The van der Waals surface area contributed by atoms with Crippen molar-refractivity contribution in [3.8, 4) is 0 Å². The highest BCUT2D eigenvalue weighted by Crippen LogP contribution is 2.19. The minimum Gasteiger partial charge on any atom is -0.390 e. The van der Waals surface area contributed by atoms with Gasteiger partial charge in [0.05, 0.1) is 24.4 Å². The highest BCUT2D eigenvalue weighted by Gasteiger charge is 2.32. The average molecular weight is 148 g/mol. The molecule has 60 valence electrons. The molecule has 0 aromatic rings. The van der Waals surface area contributed by atoms with Gasteiger partial charge in [-0.1, -0.05) is 0 Å². The van der Waals surface area contributed by atoms with Gasteiger partial charge in [-0.2, -0.15) is 0 Å². The molecule has 1 aliphatic rings. The van der Waals surface area contributed by atoms with Crippen molar-refractivity contribution in [2.75, 3.05) is 0 Å². The highest BCUT2D eigenvalue weighted by molar-refractivity contribution is 4.84. The van der Waals surface area contributed by atoms with Gasteiger partial charge in [-0.05, 0) is 0 Å². The molecule has 0 spiro atoms. The minimum atomic E-state index is -0.890. The Morgan fingerprint density at radius 2 is 0.800 bits per heavy atom. The predicted molar refractivity (Wildman–Crippen MR) is 33.3 cm³/mol. The van der Waals surface area contributed by atoms with Crippen LogP contribution in [0.5, 0.6) is 0 Å². The van der Waals surface area contributed by atoms with Crippen molar-refractivity contribution in [3.63, 3.8) is 0 Å². The minimum absolute atomic E-state index is 0.0579. The van der Waals surface area contributed by atoms with Crippen LogP contribution in [0.25, 0.3) is 0 Å². The first-order chi connectivity index (χ1) is 4.61. The third-order valence-electron chi connectivity index (χ3n) is 1.85. The molecule has 0 aromatic heterocycles. The van der Waals surface area contributed by atoms with Crippen LogP contribution in [0.3, 0.4) is 0 Å². The molecule has 0 saturated heterocycles. The molecule has 4 N–H and O–H groups in total. The van der Waals surface area contributed by atoms with Crippen LogP contribution in [0.4, 0.5) is 0 Å². The monoisotopic (exact) mass is 148 g/mol. The normalized spacial score (nSPS) is 49.2. The summed E-state index contributed by atoms with van der Waals surface area (Å²) in [7, 11) is 0. The van der Waals surface area contributed by atoms with Crippen molar-refractivity contribution >= 4 is 0 Å². The van der Waals surface area contributed by atoms with E-state index in [-0.39, 0.29) is 12.8 Å². The molecular weight excluding hydrogens is 136 g/mol. The van der Waals surface area contributed by atoms with Crippen molar-refractivity contribution in [2.45, 2.75) is 37.3 Å². The smallest absolute Gasteiger partial charge is 0.0825 e. The summed E-state index contributed by atoms with van der Waals surface area (Å²) in [6, 6.07) is 0. The molecule has 0 aromatic carbocycles. The molecule has 0 unspecified atom stereocenters. The predicted octanol–water partition coefficient (Wildman–Crippen LogP) is -1.78. The van der Waals surface area contributed by atoms with Gasteiger partial charge in [0, 0.05) is 12.8 Å². The average Bonchev–Trinajstić information content (AvgIpc) is 1.84. The van der Waals surface area contributed by atoms with E-state index < -0.39 is 24.4 Å². The van der Waals surface area contributed by atoms with Crippen LogP contribution < -0.4 is 0 Å². The zero-order valence-corrected chi connectivity index (χ0v) is 5.51. The van der Waals surface area contributed by atoms with Gasteiger partial charge in [0.2, 0.25) is 0 Å². The Kier molecular flexibility index (Phi) is 2.25. The molecule has 0 heterocycles. The number of hydrogen-bond acceptors (Lipinski definition) is 4. The molecule has 0 radical (unpaired) electrons. The van der Waals surface area contributed by atoms with Crippen molar-refractivity contribution in [2.24, 2.45) is 0 Å². The summed E-state index contributed by atoms with van der Waals surface area (Å²) in [6.45, 7) is 0. The topological polar surface area (TPSA) is 80.9 Å². The van der Waals surface area contributed by atoms with Crippen molar-refractivity contribution in [3.05, 3.63) is 0 Å². The van der Waals surface area contributed by atoms with Gasteiger partial charge in [0.15, 0.2) is 0 Å². The van der Waals surface area contributed by atoms with Crippen molar-refractivity contribution < 1.29 is 20.4 Å². The van der Waals surface area contributed by atoms with Crippen molar-refractivity contribution in [1.29, 1.82) is 0 Å². The summed E-state index contributed by atoms with van der Waals surface area (Å²) in [6.07, 6.45) is -3.45. The van der Waals surface area contributed by atoms with E-state index in [2.05, 4.69) is 0 Å². The first-order valence-electron chi connectivity index (χ1n) is 3.33. The van der Waals surface area contributed by atoms with Crippen LogP contribution in [-0.4, -0.2) is 44.8 Å². The van der Waals surface area contributed by atoms with Gasteiger partial charge >= 0.3 is 0 Å². The number of rotatable bonds is 0. The molecule has 0 bridgehead atoms. The van der Waals surface area contributed by atoms with Gasteiger partial charge < -0.3 is 20.4 Å². The fourth-order valence-electron chi connectivity index (χ4n) is 1.12. The maximum absolute atomic E-state index is 8.94. The second kappa shape index (κ2) is 2.84. The van der Waals surface area contributed by atoms with Crippen LogP contribution in [0, 0.1) is 0 Å². The largest absolute Gasteiger partial charge is 0.390 e. The third kappa shape index (κ3) is 1.46. The van der Waals surface area contributed by atoms with Gasteiger partial charge in [-0.3, -0.25) is 0 Å². The molecule has 0 amide bonds. The van der Waals surface area contributed by atoms with Gasteiger partial charge in [0.1, 0.15) is 0 Å². The fraction of sp³-hybridized carbons (Fsp3) is 1.00. The number of aliphatic hydroxyl groups is 4. The molecule has 1 saturated carbocycles. The third-order valence-corrected chi connectivity index (χ3v) is 1.85. The van der Waals surface area contributed by atoms with Gasteiger partial charge in [-0.15, -0.1) is 0 Å². The summed E-state index contributed by atoms with van der Waals surface area (Å²) in [5, 5.41) is 35.8. The van der Waals surface area contributed by atoms with E-state index in [1.54, 1.807) is 0 Å². The summed E-state index contributed by atoms with van der Waals surface area (Å²) in [5.74, 6) is 0. The van der Waals surface area contributed by atoms with Crippen molar-refractivity contribution in [1.82, 2.24) is 0 Å².